The fourth-order valence-corrected chi connectivity index (χ4v) is 5.74. The highest BCUT2D eigenvalue weighted by atomic mass is 32.2. The number of hydrogen-bond donors (Lipinski definition) is 1. The van der Waals surface area contributed by atoms with E-state index < -0.39 is 19.9 Å². The number of nitrogens with one attached hydrogen (secondary N) is 1. The second-order valence-electron chi connectivity index (χ2n) is 5.67. The highest BCUT2D eigenvalue weighted by molar-refractivity contribution is 7.93. The lowest BCUT2D eigenvalue weighted by atomic mass is 10.2. The number of aryl methyl sites for hydroxylation is 1. The van der Waals surface area contributed by atoms with Crippen LogP contribution in [0.25, 0.3) is 10.2 Å². The van der Waals surface area contributed by atoms with Gasteiger partial charge in [-0.1, -0.05) is 26.0 Å². The predicted octanol–water partition coefficient (Wildman–Crippen LogP) is 3.45. The summed E-state index contributed by atoms with van der Waals surface area (Å²) in [5.74, 6) is -0.0277. The monoisotopic (exact) mass is 410 g/mol. The van der Waals surface area contributed by atoms with E-state index in [9.17, 15) is 16.8 Å². The molecule has 0 fully saturated rings. The van der Waals surface area contributed by atoms with Crippen LogP contribution in [0.4, 0.5) is 5.69 Å². The minimum atomic E-state index is -3.72. The summed E-state index contributed by atoms with van der Waals surface area (Å²) in [5.41, 5.74) is 1.94. The van der Waals surface area contributed by atoms with Crippen molar-refractivity contribution in [2.24, 2.45) is 0 Å². The minimum absolute atomic E-state index is 0.0277. The Kier molecular flexibility index (Phi) is 5.05. The summed E-state index contributed by atoms with van der Waals surface area (Å²) in [7, 11) is -7.11. The maximum atomic E-state index is 12.5. The highest BCUT2D eigenvalue weighted by Gasteiger charge is 2.19. The Morgan fingerprint density at radius 1 is 1.00 bits per heavy atom. The Bertz CT molecular complexity index is 1150. The van der Waals surface area contributed by atoms with E-state index >= 15 is 0 Å². The van der Waals surface area contributed by atoms with Gasteiger partial charge >= 0.3 is 0 Å². The number of rotatable bonds is 6. The van der Waals surface area contributed by atoms with Crippen molar-refractivity contribution >= 4 is 47.1 Å². The van der Waals surface area contributed by atoms with Crippen LogP contribution in [-0.4, -0.2) is 27.6 Å². The lowest BCUT2D eigenvalue weighted by Gasteiger charge is -2.08. The summed E-state index contributed by atoms with van der Waals surface area (Å²) >= 11 is 1.04. The molecule has 0 saturated heterocycles. The molecule has 1 heterocycles. The summed E-state index contributed by atoms with van der Waals surface area (Å²) in [6.45, 7) is 3.56. The van der Waals surface area contributed by atoms with Crippen LogP contribution in [0.15, 0.2) is 51.7 Å². The largest absolute Gasteiger partial charge is 0.280 e. The van der Waals surface area contributed by atoms with E-state index in [1.54, 1.807) is 49.4 Å². The van der Waals surface area contributed by atoms with Crippen LogP contribution < -0.4 is 4.72 Å². The third-order valence-electron chi connectivity index (χ3n) is 3.91. The van der Waals surface area contributed by atoms with E-state index in [1.807, 2.05) is 6.92 Å². The molecular formula is C17H18N2O4S3. The number of sulfonamides is 1. The molecule has 0 aliphatic heterocycles. The van der Waals surface area contributed by atoms with Crippen molar-refractivity contribution in [3.8, 4) is 0 Å². The molecule has 0 aliphatic rings. The number of anilines is 1. The van der Waals surface area contributed by atoms with E-state index in [1.165, 1.54) is 0 Å². The van der Waals surface area contributed by atoms with Crippen molar-refractivity contribution in [1.82, 2.24) is 4.98 Å². The number of hydrogen-bond acceptors (Lipinski definition) is 6. The van der Waals surface area contributed by atoms with Crippen LogP contribution >= 0.6 is 11.3 Å². The third kappa shape index (κ3) is 3.74. The Hall–Kier alpha value is -1.97. The molecule has 9 heteroatoms. The average molecular weight is 411 g/mol. The molecule has 0 radical (unpaired) electrons. The zero-order valence-electron chi connectivity index (χ0n) is 14.3. The van der Waals surface area contributed by atoms with Gasteiger partial charge in [0.25, 0.3) is 10.0 Å². The van der Waals surface area contributed by atoms with Gasteiger partial charge in [0.2, 0.25) is 14.2 Å². The van der Waals surface area contributed by atoms with Crippen molar-refractivity contribution in [3.63, 3.8) is 0 Å². The van der Waals surface area contributed by atoms with Gasteiger partial charge < -0.3 is 0 Å². The van der Waals surface area contributed by atoms with Crippen LogP contribution in [0.3, 0.4) is 0 Å². The molecule has 0 atom stereocenters. The summed E-state index contributed by atoms with van der Waals surface area (Å²) < 4.78 is 52.2. The second kappa shape index (κ2) is 6.98. The second-order valence-corrected chi connectivity index (χ2v) is 10.8. The quantitative estimate of drug-likeness (QED) is 0.672. The molecule has 6 nitrogen and oxygen atoms in total. The van der Waals surface area contributed by atoms with Crippen molar-refractivity contribution in [1.29, 1.82) is 0 Å². The van der Waals surface area contributed by atoms with Crippen molar-refractivity contribution in [3.05, 3.63) is 48.0 Å². The summed E-state index contributed by atoms with van der Waals surface area (Å²) in [4.78, 5) is 4.30. The fraction of sp³-hybridized carbons (Fsp3) is 0.235. The number of aromatic nitrogens is 1. The van der Waals surface area contributed by atoms with Gasteiger partial charge in [0.15, 0.2) is 0 Å². The van der Waals surface area contributed by atoms with Gasteiger partial charge in [0.1, 0.15) is 0 Å². The molecule has 3 aromatic rings. The number of nitrogens with zero attached hydrogens (tertiary/aromatic N) is 1. The van der Waals surface area contributed by atoms with Crippen molar-refractivity contribution < 1.29 is 16.8 Å². The van der Waals surface area contributed by atoms with E-state index in [0.717, 1.165) is 23.3 Å². The molecule has 138 valence electrons. The molecule has 3 rings (SSSR count). The molecule has 0 saturated carbocycles. The molecule has 0 spiro atoms. The van der Waals surface area contributed by atoms with Crippen LogP contribution in [0.1, 0.15) is 19.4 Å². The SMILES string of the molecule is CCc1ccc(S(=O)(=O)Nc2ccc3nc(S(=O)(=O)CC)sc3c2)cc1. The molecule has 1 N–H and O–H groups in total. The summed E-state index contributed by atoms with van der Waals surface area (Å²) in [6.07, 6.45) is 0.832. The smallest absolute Gasteiger partial charge is 0.261 e. The maximum absolute atomic E-state index is 12.5. The van der Waals surface area contributed by atoms with E-state index in [2.05, 4.69) is 9.71 Å². The number of thiazole rings is 1. The topological polar surface area (TPSA) is 93.2 Å². The first-order valence-corrected chi connectivity index (χ1v) is 12.0. The van der Waals surface area contributed by atoms with Crippen LogP contribution in [0.2, 0.25) is 0 Å². The Morgan fingerprint density at radius 2 is 1.69 bits per heavy atom. The van der Waals surface area contributed by atoms with Gasteiger partial charge in [-0.2, -0.15) is 0 Å². The van der Waals surface area contributed by atoms with Crippen LogP contribution in [-0.2, 0) is 26.3 Å². The standard InChI is InChI=1S/C17H18N2O4S3/c1-3-12-5-8-14(9-6-12)26(22,23)19-13-7-10-15-16(11-13)24-17(18-15)25(20,21)4-2/h5-11,19H,3-4H2,1-2H3. The Balaban J connectivity index is 1.92. The van der Waals surface area contributed by atoms with Crippen LogP contribution in [0.5, 0.6) is 0 Å². The van der Waals surface area contributed by atoms with Gasteiger partial charge in [-0.05, 0) is 42.3 Å². The summed E-state index contributed by atoms with van der Waals surface area (Å²) in [6, 6.07) is 11.5. The van der Waals surface area contributed by atoms with Crippen LogP contribution in [0, 0.1) is 0 Å². The minimum Gasteiger partial charge on any atom is -0.280 e. The maximum Gasteiger partial charge on any atom is 0.261 e. The number of fused-ring (bicyclic) bond motifs is 1. The van der Waals surface area contributed by atoms with Gasteiger partial charge in [-0.25, -0.2) is 21.8 Å². The van der Waals surface area contributed by atoms with Crippen molar-refractivity contribution in [2.75, 3.05) is 10.5 Å². The molecule has 0 aliphatic carbocycles. The first-order chi connectivity index (χ1) is 12.2. The van der Waals surface area contributed by atoms with E-state index in [4.69, 9.17) is 0 Å². The molecule has 0 bridgehead atoms. The van der Waals surface area contributed by atoms with Gasteiger partial charge in [-0.15, -0.1) is 11.3 Å². The average Bonchev–Trinajstić information content (AvgIpc) is 3.05. The lowest BCUT2D eigenvalue weighted by molar-refractivity contribution is 0.596. The van der Waals surface area contributed by atoms with Gasteiger partial charge in [0.05, 0.1) is 26.6 Å². The van der Waals surface area contributed by atoms with E-state index in [-0.39, 0.29) is 15.0 Å². The van der Waals surface area contributed by atoms with E-state index in [0.29, 0.717) is 15.9 Å². The Morgan fingerprint density at radius 3 is 2.31 bits per heavy atom. The molecule has 26 heavy (non-hydrogen) atoms. The fourth-order valence-electron chi connectivity index (χ4n) is 2.34. The number of benzene rings is 2. The number of sulfone groups is 1. The molecule has 1 aromatic heterocycles. The van der Waals surface area contributed by atoms with Crippen molar-refractivity contribution in [2.45, 2.75) is 29.5 Å². The zero-order valence-corrected chi connectivity index (χ0v) is 16.7. The first-order valence-electron chi connectivity index (χ1n) is 8.00. The van der Waals surface area contributed by atoms with Gasteiger partial charge in [-0.3, -0.25) is 4.72 Å². The Labute approximate surface area is 156 Å². The third-order valence-corrected chi connectivity index (χ3v) is 8.51. The molecule has 0 amide bonds. The predicted molar refractivity (Wildman–Crippen MR) is 104 cm³/mol. The highest BCUT2D eigenvalue weighted by Crippen LogP contribution is 2.29. The van der Waals surface area contributed by atoms with Gasteiger partial charge in [0, 0.05) is 0 Å². The normalized spacial score (nSPS) is 12.4. The zero-order chi connectivity index (χ0) is 18.9. The summed E-state index contributed by atoms with van der Waals surface area (Å²) in [5, 5.41) is 0. The molecular weight excluding hydrogens is 392 g/mol. The lowest BCUT2D eigenvalue weighted by Crippen LogP contribution is -2.12. The molecule has 2 aromatic carbocycles. The molecule has 0 unspecified atom stereocenters. The first kappa shape index (κ1) is 18.8.